The molecule has 0 fully saturated rings. The molecule has 0 saturated heterocycles. The minimum atomic E-state index is 0.621. The Bertz CT molecular complexity index is 1620. The SMILES string of the molecule is CN(C)Cc1cncc(-c2ccc3[nH]nc(-c4nc5c(-c6ccccn6)nccc5[nH]4)c3n2)c1. The largest absolute Gasteiger partial charge is 0.336 e. The number of fused-ring (bicyclic) bond motifs is 2. The molecule has 0 saturated carbocycles. The molecule has 0 aliphatic carbocycles. The topological polar surface area (TPSA) is 112 Å². The van der Waals surface area contributed by atoms with Crippen molar-refractivity contribution in [2.24, 2.45) is 0 Å². The summed E-state index contributed by atoms with van der Waals surface area (Å²) in [7, 11) is 4.08. The molecular weight excluding hydrogens is 426 g/mol. The number of nitrogens with one attached hydrogen (secondary N) is 2. The van der Waals surface area contributed by atoms with Crippen molar-refractivity contribution in [2.75, 3.05) is 14.1 Å². The van der Waals surface area contributed by atoms with E-state index in [-0.39, 0.29) is 0 Å². The van der Waals surface area contributed by atoms with E-state index in [1.165, 1.54) is 0 Å². The molecule has 0 aliphatic heterocycles. The predicted octanol–water partition coefficient (Wildman–Crippen LogP) is 4.08. The lowest BCUT2D eigenvalue weighted by molar-refractivity contribution is 0.402. The molecule has 0 atom stereocenters. The van der Waals surface area contributed by atoms with Crippen molar-refractivity contribution in [3.05, 3.63) is 72.8 Å². The zero-order valence-corrected chi connectivity index (χ0v) is 18.7. The summed E-state index contributed by atoms with van der Waals surface area (Å²) in [5, 5.41) is 7.59. The van der Waals surface area contributed by atoms with Crippen LogP contribution in [0.4, 0.5) is 0 Å². The summed E-state index contributed by atoms with van der Waals surface area (Å²) in [4.78, 5) is 28.6. The third kappa shape index (κ3) is 3.57. The standard InChI is InChI=1S/C25H21N9/c1-34(2)14-15-11-16(13-26-12-15)17-6-7-20-23(29-17)24(33-32-20)25-30-19-8-10-28-21(22(19)31-25)18-5-3-4-9-27-18/h3-13H,14H2,1-2H3,(H,30,31)(H,32,33). The second-order valence-electron chi connectivity index (χ2n) is 8.34. The first-order valence-corrected chi connectivity index (χ1v) is 10.9. The van der Waals surface area contributed by atoms with Crippen molar-refractivity contribution in [3.8, 4) is 34.2 Å². The van der Waals surface area contributed by atoms with E-state index < -0.39 is 0 Å². The van der Waals surface area contributed by atoms with Gasteiger partial charge in [-0.2, -0.15) is 5.10 Å². The summed E-state index contributed by atoms with van der Waals surface area (Å²) in [5.41, 5.74) is 8.22. The summed E-state index contributed by atoms with van der Waals surface area (Å²) in [5.74, 6) is 0.621. The lowest BCUT2D eigenvalue weighted by Gasteiger charge is -2.10. The Kier molecular flexibility index (Phi) is 4.81. The minimum Gasteiger partial charge on any atom is -0.336 e. The average molecular weight is 448 g/mol. The first-order valence-electron chi connectivity index (χ1n) is 10.9. The summed E-state index contributed by atoms with van der Waals surface area (Å²) in [6.45, 7) is 0.811. The highest BCUT2D eigenvalue weighted by Crippen LogP contribution is 2.30. The van der Waals surface area contributed by atoms with E-state index in [0.717, 1.165) is 56.8 Å². The van der Waals surface area contributed by atoms with Crippen molar-refractivity contribution in [2.45, 2.75) is 6.54 Å². The van der Waals surface area contributed by atoms with Crippen molar-refractivity contribution in [1.82, 2.24) is 45.0 Å². The molecule has 6 aromatic heterocycles. The van der Waals surface area contributed by atoms with Gasteiger partial charge in [0.1, 0.15) is 16.7 Å². The molecule has 0 aliphatic rings. The van der Waals surface area contributed by atoms with Crippen LogP contribution in [-0.2, 0) is 6.54 Å². The monoisotopic (exact) mass is 447 g/mol. The molecule has 0 radical (unpaired) electrons. The van der Waals surface area contributed by atoms with Crippen molar-refractivity contribution in [3.63, 3.8) is 0 Å². The summed E-state index contributed by atoms with van der Waals surface area (Å²) in [6, 6.07) is 13.7. The van der Waals surface area contributed by atoms with Crippen LogP contribution in [-0.4, -0.2) is 59.1 Å². The lowest BCUT2D eigenvalue weighted by Crippen LogP contribution is -2.10. The third-order valence-electron chi connectivity index (χ3n) is 5.53. The molecule has 0 unspecified atom stereocenters. The predicted molar refractivity (Wildman–Crippen MR) is 131 cm³/mol. The molecule has 166 valence electrons. The third-order valence-corrected chi connectivity index (χ3v) is 5.53. The van der Waals surface area contributed by atoms with Crippen LogP contribution >= 0.6 is 0 Å². The van der Waals surface area contributed by atoms with E-state index in [2.05, 4.69) is 41.1 Å². The molecule has 34 heavy (non-hydrogen) atoms. The van der Waals surface area contributed by atoms with Crippen LogP contribution in [0.1, 0.15) is 5.56 Å². The number of hydrogen-bond donors (Lipinski definition) is 2. The number of imidazole rings is 1. The van der Waals surface area contributed by atoms with Gasteiger partial charge in [-0.25, -0.2) is 9.97 Å². The fourth-order valence-corrected chi connectivity index (χ4v) is 4.04. The lowest BCUT2D eigenvalue weighted by atomic mass is 10.1. The molecule has 9 nitrogen and oxygen atoms in total. The van der Waals surface area contributed by atoms with Gasteiger partial charge in [0.15, 0.2) is 11.5 Å². The molecular formula is C25H21N9. The van der Waals surface area contributed by atoms with Crippen molar-refractivity contribution >= 4 is 22.1 Å². The summed E-state index contributed by atoms with van der Waals surface area (Å²) in [6.07, 6.45) is 7.21. The van der Waals surface area contributed by atoms with E-state index in [4.69, 9.17) is 9.97 Å². The van der Waals surface area contributed by atoms with E-state index in [1.54, 1.807) is 12.4 Å². The van der Waals surface area contributed by atoms with Gasteiger partial charge in [-0.05, 0) is 56.1 Å². The van der Waals surface area contributed by atoms with Gasteiger partial charge in [0.25, 0.3) is 0 Å². The smallest absolute Gasteiger partial charge is 0.161 e. The van der Waals surface area contributed by atoms with Gasteiger partial charge in [-0.15, -0.1) is 0 Å². The van der Waals surface area contributed by atoms with Crippen LogP contribution in [0.5, 0.6) is 0 Å². The molecule has 6 rings (SSSR count). The number of hydrogen-bond acceptors (Lipinski definition) is 7. The van der Waals surface area contributed by atoms with E-state index >= 15 is 0 Å². The molecule has 0 amide bonds. The highest BCUT2D eigenvalue weighted by molar-refractivity contribution is 5.94. The molecule has 2 N–H and O–H groups in total. The first-order chi connectivity index (χ1) is 16.7. The zero-order valence-electron chi connectivity index (χ0n) is 18.7. The molecule has 0 aromatic carbocycles. The fourth-order valence-electron chi connectivity index (χ4n) is 4.04. The maximum atomic E-state index is 4.92. The van der Waals surface area contributed by atoms with E-state index in [0.29, 0.717) is 11.5 Å². The molecule has 0 bridgehead atoms. The van der Waals surface area contributed by atoms with Crippen molar-refractivity contribution < 1.29 is 0 Å². The highest BCUT2D eigenvalue weighted by atomic mass is 15.2. The Morgan fingerprint density at radius 1 is 0.824 bits per heavy atom. The van der Waals surface area contributed by atoms with Crippen LogP contribution in [0, 0.1) is 0 Å². The summed E-state index contributed by atoms with van der Waals surface area (Å²) >= 11 is 0. The number of pyridine rings is 4. The van der Waals surface area contributed by atoms with Gasteiger partial charge in [0.2, 0.25) is 0 Å². The van der Waals surface area contributed by atoms with E-state index in [1.807, 2.05) is 62.9 Å². The number of aromatic nitrogens is 8. The van der Waals surface area contributed by atoms with E-state index in [9.17, 15) is 0 Å². The Morgan fingerprint density at radius 2 is 1.74 bits per heavy atom. The maximum absolute atomic E-state index is 4.92. The minimum absolute atomic E-state index is 0.621. The Balaban J connectivity index is 1.45. The quantitative estimate of drug-likeness (QED) is 0.409. The number of aromatic amines is 2. The van der Waals surface area contributed by atoms with Crippen LogP contribution in [0.2, 0.25) is 0 Å². The maximum Gasteiger partial charge on any atom is 0.161 e. The molecule has 6 aromatic rings. The molecule has 9 heteroatoms. The molecule has 6 heterocycles. The van der Waals surface area contributed by atoms with Gasteiger partial charge in [-0.3, -0.25) is 20.1 Å². The highest BCUT2D eigenvalue weighted by Gasteiger charge is 2.17. The second-order valence-corrected chi connectivity index (χ2v) is 8.34. The number of rotatable bonds is 5. The van der Waals surface area contributed by atoms with Gasteiger partial charge >= 0.3 is 0 Å². The van der Waals surface area contributed by atoms with Crippen LogP contribution in [0.25, 0.3) is 56.2 Å². The summed E-state index contributed by atoms with van der Waals surface area (Å²) < 4.78 is 0. The van der Waals surface area contributed by atoms with Gasteiger partial charge in [0, 0.05) is 36.9 Å². The van der Waals surface area contributed by atoms with Crippen LogP contribution in [0.3, 0.4) is 0 Å². The van der Waals surface area contributed by atoms with Gasteiger partial charge in [-0.1, -0.05) is 6.07 Å². The zero-order chi connectivity index (χ0) is 23.1. The number of nitrogens with zero attached hydrogens (tertiary/aromatic N) is 7. The second kappa shape index (κ2) is 8.13. The van der Waals surface area contributed by atoms with Gasteiger partial charge in [0.05, 0.1) is 22.4 Å². The Labute approximate surface area is 195 Å². The molecule has 0 spiro atoms. The van der Waals surface area contributed by atoms with Gasteiger partial charge < -0.3 is 9.88 Å². The average Bonchev–Trinajstić information content (AvgIpc) is 3.48. The first kappa shape index (κ1) is 20.1. The van der Waals surface area contributed by atoms with Crippen molar-refractivity contribution in [1.29, 1.82) is 0 Å². The van der Waals surface area contributed by atoms with Crippen LogP contribution in [0.15, 0.2) is 67.3 Å². The Morgan fingerprint density at radius 3 is 2.59 bits per heavy atom. The van der Waals surface area contributed by atoms with Crippen LogP contribution < -0.4 is 0 Å². The Hall–Kier alpha value is -4.50. The number of H-pyrrole nitrogens is 2. The fraction of sp³-hybridized carbons (Fsp3) is 0.120. The normalized spacial score (nSPS) is 11.6.